The number of amides is 1. The highest BCUT2D eigenvalue weighted by Crippen LogP contribution is 2.40. The van der Waals surface area contributed by atoms with Gasteiger partial charge in [-0.1, -0.05) is 30.3 Å². The van der Waals surface area contributed by atoms with Crippen molar-refractivity contribution >= 4 is 5.91 Å². The average molecular weight is 350 g/mol. The van der Waals surface area contributed by atoms with Crippen molar-refractivity contribution in [2.45, 2.75) is 37.1 Å². The zero-order valence-corrected chi connectivity index (χ0v) is 13.3. The molecule has 7 heteroatoms. The topological polar surface area (TPSA) is 62.2 Å². The van der Waals surface area contributed by atoms with Gasteiger partial charge in [0.2, 0.25) is 0 Å². The Kier molecular flexibility index (Phi) is 4.51. The quantitative estimate of drug-likeness (QED) is 0.871. The van der Waals surface area contributed by atoms with Crippen LogP contribution in [-0.4, -0.2) is 22.2 Å². The van der Waals surface area contributed by atoms with Crippen LogP contribution in [0.15, 0.2) is 48.7 Å². The largest absolute Gasteiger partial charge is 0.430 e. The lowest BCUT2D eigenvalue weighted by molar-refractivity contribution is -0.257. The number of alkyl halides is 3. The monoisotopic (exact) mass is 350 g/mol. The van der Waals surface area contributed by atoms with Crippen LogP contribution in [0.25, 0.3) is 0 Å². The summed E-state index contributed by atoms with van der Waals surface area (Å²) in [6.45, 7) is -0.119. The fourth-order valence-electron chi connectivity index (χ4n) is 2.62. The van der Waals surface area contributed by atoms with E-state index in [2.05, 4.69) is 10.3 Å². The molecule has 1 fully saturated rings. The number of aliphatic hydroxyl groups is 1. The molecule has 0 aliphatic heterocycles. The number of rotatable bonds is 5. The second kappa shape index (κ2) is 6.48. The van der Waals surface area contributed by atoms with Crippen LogP contribution in [0, 0.1) is 0 Å². The fraction of sp³-hybridized carbons (Fsp3) is 0.333. The number of hydrogen-bond acceptors (Lipinski definition) is 3. The summed E-state index contributed by atoms with van der Waals surface area (Å²) in [6.07, 6.45) is -1.48. The molecular formula is C18H17F3N2O2. The van der Waals surface area contributed by atoms with Gasteiger partial charge in [-0.15, -0.1) is 0 Å². The normalized spacial score (nSPS) is 17.0. The second-order valence-electron chi connectivity index (χ2n) is 6.12. The maximum absolute atomic E-state index is 13.4. The zero-order chi connectivity index (χ0) is 18.1. The third-order valence-electron chi connectivity index (χ3n) is 4.22. The lowest BCUT2D eigenvalue weighted by atomic mass is 9.92. The smallest absolute Gasteiger partial charge is 0.369 e. The van der Waals surface area contributed by atoms with Crippen molar-refractivity contribution in [3.8, 4) is 0 Å². The highest BCUT2D eigenvalue weighted by Gasteiger charge is 2.60. The van der Waals surface area contributed by atoms with Gasteiger partial charge in [0.05, 0.1) is 0 Å². The molecule has 1 aliphatic rings. The van der Waals surface area contributed by atoms with Crippen molar-refractivity contribution in [1.29, 1.82) is 0 Å². The molecule has 132 valence electrons. The van der Waals surface area contributed by atoms with E-state index in [0.29, 0.717) is 11.5 Å². The first-order chi connectivity index (χ1) is 11.8. The Morgan fingerprint density at radius 2 is 1.88 bits per heavy atom. The van der Waals surface area contributed by atoms with E-state index in [-0.39, 0.29) is 6.54 Å². The van der Waals surface area contributed by atoms with E-state index < -0.39 is 23.2 Å². The molecule has 1 saturated carbocycles. The van der Waals surface area contributed by atoms with Gasteiger partial charge in [-0.2, -0.15) is 13.2 Å². The Bertz CT molecular complexity index is 760. The minimum atomic E-state index is -5.14. The van der Waals surface area contributed by atoms with Gasteiger partial charge in [0, 0.05) is 29.9 Å². The molecule has 1 aromatic carbocycles. The number of nitrogens with zero attached hydrogens (tertiary/aromatic N) is 1. The molecule has 1 aromatic heterocycles. The number of halogens is 3. The number of hydrogen-bond donors (Lipinski definition) is 2. The van der Waals surface area contributed by atoms with Crippen LogP contribution in [0.1, 0.15) is 35.6 Å². The number of carbonyl (C=O) groups excluding carboxylic acids is 1. The van der Waals surface area contributed by atoms with Crippen molar-refractivity contribution in [2.75, 3.05) is 0 Å². The molecular weight excluding hydrogens is 333 g/mol. The summed E-state index contributed by atoms with van der Waals surface area (Å²) in [5.41, 5.74) is -2.60. The summed E-state index contributed by atoms with van der Waals surface area (Å²) in [5, 5.41) is 12.4. The first-order valence-electron chi connectivity index (χ1n) is 7.90. The summed E-state index contributed by atoms with van der Waals surface area (Å²) in [6, 6.07) is 9.73. The molecule has 1 aliphatic carbocycles. The highest BCUT2D eigenvalue weighted by atomic mass is 19.4. The summed E-state index contributed by atoms with van der Waals surface area (Å²) < 4.78 is 40.3. The van der Waals surface area contributed by atoms with Crippen molar-refractivity contribution < 1.29 is 23.1 Å². The van der Waals surface area contributed by atoms with E-state index in [1.807, 2.05) is 0 Å². The van der Waals surface area contributed by atoms with E-state index >= 15 is 0 Å². The maximum atomic E-state index is 13.4. The lowest BCUT2D eigenvalue weighted by Gasteiger charge is -2.29. The van der Waals surface area contributed by atoms with Gasteiger partial charge in [-0.3, -0.25) is 9.78 Å². The number of pyridine rings is 1. The van der Waals surface area contributed by atoms with Gasteiger partial charge in [0.25, 0.3) is 11.5 Å². The average Bonchev–Trinajstić information content (AvgIpc) is 3.44. The third kappa shape index (κ3) is 3.51. The number of carbonyl (C=O) groups is 1. The Morgan fingerprint density at radius 3 is 2.48 bits per heavy atom. The number of aromatic nitrogens is 1. The standard InChI is InChI=1S/C18H17F3N2O2/c19-18(20,21)17(25,14-4-2-1-3-5-14)16(24)23-11-12-8-9-22-15(10-12)13-6-7-13/h1-5,8-10,13,25H,6-7,11H2,(H,23,24)/t17-/m1/s1. The molecule has 0 unspecified atom stereocenters. The van der Waals surface area contributed by atoms with Gasteiger partial charge >= 0.3 is 6.18 Å². The molecule has 2 N–H and O–H groups in total. The van der Waals surface area contributed by atoms with Crippen LogP contribution in [0.4, 0.5) is 13.2 Å². The van der Waals surface area contributed by atoms with E-state index in [1.54, 1.807) is 18.3 Å². The number of benzene rings is 1. The predicted molar refractivity (Wildman–Crippen MR) is 84.5 cm³/mol. The molecule has 1 heterocycles. The molecule has 0 saturated heterocycles. The molecule has 25 heavy (non-hydrogen) atoms. The van der Waals surface area contributed by atoms with E-state index in [4.69, 9.17) is 0 Å². The molecule has 2 aromatic rings. The van der Waals surface area contributed by atoms with E-state index in [9.17, 15) is 23.1 Å². The SMILES string of the molecule is O=C(NCc1ccnc(C2CC2)c1)[C@](O)(c1ccccc1)C(F)(F)F. The molecule has 0 spiro atoms. The summed E-state index contributed by atoms with van der Waals surface area (Å²) in [4.78, 5) is 16.4. The molecule has 0 bridgehead atoms. The lowest BCUT2D eigenvalue weighted by Crippen LogP contribution is -2.54. The van der Waals surface area contributed by atoms with Crippen LogP contribution in [-0.2, 0) is 16.9 Å². The minimum absolute atomic E-state index is 0.119. The Hall–Kier alpha value is -2.41. The van der Waals surface area contributed by atoms with Crippen molar-refractivity contribution in [3.63, 3.8) is 0 Å². The first kappa shape index (κ1) is 17.4. The van der Waals surface area contributed by atoms with Crippen molar-refractivity contribution in [1.82, 2.24) is 10.3 Å². The Balaban J connectivity index is 1.78. The van der Waals surface area contributed by atoms with Gasteiger partial charge < -0.3 is 10.4 Å². The second-order valence-corrected chi connectivity index (χ2v) is 6.12. The first-order valence-corrected chi connectivity index (χ1v) is 7.90. The molecule has 3 rings (SSSR count). The van der Waals surface area contributed by atoms with E-state index in [1.165, 1.54) is 18.2 Å². The maximum Gasteiger partial charge on any atom is 0.430 e. The Morgan fingerprint density at radius 1 is 1.20 bits per heavy atom. The minimum Gasteiger partial charge on any atom is -0.369 e. The highest BCUT2D eigenvalue weighted by molar-refractivity contribution is 5.87. The third-order valence-corrected chi connectivity index (χ3v) is 4.22. The zero-order valence-electron chi connectivity index (χ0n) is 13.3. The van der Waals surface area contributed by atoms with Crippen molar-refractivity contribution in [3.05, 3.63) is 65.5 Å². The molecule has 1 amide bonds. The van der Waals surface area contributed by atoms with Gasteiger partial charge in [-0.05, 0) is 30.5 Å². The van der Waals surface area contributed by atoms with Crippen LogP contribution in [0.5, 0.6) is 0 Å². The van der Waals surface area contributed by atoms with Gasteiger partial charge in [0.15, 0.2) is 0 Å². The predicted octanol–water partition coefficient (Wildman–Crippen LogP) is 3.03. The molecule has 1 atom stereocenters. The molecule has 4 nitrogen and oxygen atoms in total. The van der Waals surface area contributed by atoms with Crippen molar-refractivity contribution in [2.24, 2.45) is 0 Å². The van der Waals surface area contributed by atoms with Crippen LogP contribution >= 0.6 is 0 Å². The molecule has 0 radical (unpaired) electrons. The summed E-state index contributed by atoms with van der Waals surface area (Å²) >= 11 is 0. The Labute approximate surface area is 142 Å². The van der Waals surface area contributed by atoms with Gasteiger partial charge in [-0.25, -0.2) is 0 Å². The van der Waals surface area contributed by atoms with Crippen LogP contribution < -0.4 is 5.32 Å². The van der Waals surface area contributed by atoms with Crippen LogP contribution in [0.2, 0.25) is 0 Å². The van der Waals surface area contributed by atoms with Crippen LogP contribution in [0.3, 0.4) is 0 Å². The number of nitrogens with one attached hydrogen (secondary N) is 1. The summed E-state index contributed by atoms with van der Waals surface area (Å²) in [7, 11) is 0. The van der Waals surface area contributed by atoms with Gasteiger partial charge in [0.1, 0.15) is 0 Å². The fourth-order valence-corrected chi connectivity index (χ4v) is 2.62. The van der Waals surface area contributed by atoms with E-state index in [0.717, 1.165) is 30.7 Å². The summed E-state index contributed by atoms with van der Waals surface area (Å²) in [5.74, 6) is -1.11.